The van der Waals surface area contributed by atoms with Gasteiger partial charge in [0.1, 0.15) is 0 Å². The number of hydrogen-bond donors (Lipinski definition) is 3. The van der Waals surface area contributed by atoms with Crippen LogP contribution >= 0.6 is 0 Å². The Balaban J connectivity index is 1.91. The minimum atomic E-state index is -0.496. The second kappa shape index (κ2) is 6.60. The first-order valence-corrected chi connectivity index (χ1v) is 7.63. The molecule has 0 saturated carbocycles. The molecule has 0 fully saturated rings. The van der Waals surface area contributed by atoms with Crippen molar-refractivity contribution in [3.05, 3.63) is 62.8 Å². The summed E-state index contributed by atoms with van der Waals surface area (Å²) in [7, 11) is 0. The Hall–Kier alpha value is -3.42. The van der Waals surface area contributed by atoms with Gasteiger partial charge in [-0.25, -0.2) is 4.98 Å². The number of hydrogen-bond acceptors (Lipinski definition) is 5. The standard InChI is InChI=1S/C17H16N4O4/c1-9(2)25-13-7-6-10(8-18-13)15(22)19-12-5-3-4-11-14(12)17(24)21-20-16(11)23/h3-9H,1-2H3,(H,19,22)(H,20,23)(H,21,24). The lowest BCUT2D eigenvalue weighted by Crippen LogP contribution is -2.21. The number of aromatic nitrogens is 3. The molecule has 3 rings (SSSR count). The molecule has 0 saturated heterocycles. The fraction of sp³-hybridized carbons (Fsp3) is 0.176. The molecule has 0 radical (unpaired) electrons. The molecular weight excluding hydrogens is 324 g/mol. The monoisotopic (exact) mass is 340 g/mol. The van der Waals surface area contributed by atoms with Crippen molar-refractivity contribution in [2.24, 2.45) is 0 Å². The zero-order valence-electron chi connectivity index (χ0n) is 13.6. The summed E-state index contributed by atoms with van der Waals surface area (Å²) in [6.45, 7) is 3.75. The summed E-state index contributed by atoms with van der Waals surface area (Å²) in [6.07, 6.45) is 1.36. The van der Waals surface area contributed by atoms with Crippen molar-refractivity contribution in [3.63, 3.8) is 0 Å². The van der Waals surface area contributed by atoms with E-state index in [1.807, 2.05) is 13.8 Å². The first-order chi connectivity index (χ1) is 12.0. The van der Waals surface area contributed by atoms with Crippen LogP contribution in [-0.2, 0) is 0 Å². The van der Waals surface area contributed by atoms with Gasteiger partial charge in [-0.1, -0.05) is 6.07 Å². The van der Waals surface area contributed by atoms with Crippen molar-refractivity contribution in [2.75, 3.05) is 5.32 Å². The van der Waals surface area contributed by atoms with E-state index in [4.69, 9.17) is 4.74 Å². The number of carbonyl (C=O) groups is 1. The summed E-state index contributed by atoms with van der Waals surface area (Å²) in [6, 6.07) is 7.82. The summed E-state index contributed by atoms with van der Waals surface area (Å²) < 4.78 is 5.43. The Bertz CT molecular complexity index is 1030. The van der Waals surface area contributed by atoms with Crippen molar-refractivity contribution in [1.29, 1.82) is 0 Å². The lowest BCUT2D eigenvalue weighted by Gasteiger charge is -2.10. The van der Waals surface area contributed by atoms with E-state index in [0.29, 0.717) is 11.4 Å². The normalized spacial score (nSPS) is 10.8. The summed E-state index contributed by atoms with van der Waals surface area (Å²) in [5.41, 5.74) is -0.390. The quantitative estimate of drug-likeness (QED) is 0.667. The number of nitrogens with one attached hydrogen (secondary N) is 3. The fourth-order valence-electron chi connectivity index (χ4n) is 2.35. The van der Waals surface area contributed by atoms with Crippen molar-refractivity contribution < 1.29 is 9.53 Å². The molecule has 0 aliphatic carbocycles. The van der Waals surface area contributed by atoms with Crippen LogP contribution in [0.25, 0.3) is 10.8 Å². The van der Waals surface area contributed by atoms with Gasteiger partial charge in [-0.15, -0.1) is 0 Å². The van der Waals surface area contributed by atoms with Gasteiger partial charge in [0.25, 0.3) is 17.0 Å². The molecule has 0 unspecified atom stereocenters. The predicted octanol–water partition coefficient (Wildman–Crippen LogP) is 1.65. The van der Waals surface area contributed by atoms with Crippen molar-refractivity contribution >= 4 is 22.4 Å². The molecule has 2 aromatic heterocycles. The largest absolute Gasteiger partial charge is 0.475 e. The summed E-state index contributed by atoms with van der Waals surface area (Å²) >= 11 is 0. The van der Waals surface area contributed by atoms with E-state index in [1.165, 1.54) is 12.3 Å². The molecule has 1 aromatic carbocycles. The minimum absolute atomic E-state index is 0.0207. The van der Waals surface area contributed by atoms with E-state index in [0.717, 1.165) is 0 Å². The number of fused-ring (bicyclic) bond motifs is 1. The van der Waals surface area contributed by atoms with Crippen molar-refractivity contribution in [2.45, 2.75) is 20.0 Å². The van der Waals surface area contributed by atoms with Crippen LogP contribution in [0, 0.1) is 0 Å². The lowest BCUT2D eigenvalue weighted by molar-refractivity contribution is 0.102. The molecule has 0 atom stereocenters. The Morgan fingerprint density at radius 2 is 1.88 bits per heavy atom. The maximum absolute atomic E-state index is 12.4. The predicted molar refractivity (Wildman–Crippen MR) is 93.1 cm³/mol. The number of aromatic amines is 2. The van der Waals surface area contributed by atoms with Gasteiger partial charge in [0.05, 0.1) is 28.1 Å². The smallest absolute Gasteiger partial charge is 0.272 e. The number of rotatable bonds is 4. The lowest BCUT2D eigenvalue weighted by atomic mass is 10.1. The van der Waals surface area contributed by atoms with Crippen LogP contribution in [0.5, 0.6) is 5.88 Å². The van der Waals surface area contributed by atoms with Crippen molar-refractivity contribution in [1.82, 2.24) is 15.2 Å². The number of anilines is 1. The Labute approximate surface area is 141 Å². The van der Waals surface area contributed by atoms with E-state index < -0.39 is 17.0 Å². The average molecular weight is 340 g/mol. The molecule has 3 N–H and O–H groups in total. The van der Waals surface area contributed by atoms with Crippen LogP contribution < -0.4 is 21.2 Å². The van der Waals surface area contributed by atoms with E-state index in [2.05, 4.69) is 20.5 Å². The Kier molecular flexibility index (Phi) is 4.34. The van der Waals surface area contributed by atoms with Gasteiger partial charge < -0.3 is 10.1 Å². The van der Waals surface area contributed by atoms with Gasteiger partial charge in [-0.2, -0.15) is 0 Å². The van der Waals surface area contributed by atoms with E-state index in [-0.39, 0.29) is 22.6 Å². The highest BCUT2D eigenvalue weighted by atomic mass is 16.5. The molecule has 1 amide bonds. The molecule has 0 spiro atoms. The number of H-pyrrole nitrogens is 2. The van der Waals surface area contributed by atoms with Crippen LogP contribution in [0.1, 0.15) is 24.2 Å². The zero-order chi connectivity index (χ0) is 18.0. The van der Waals surface area contributed by atoms with Crippen LogP contribution in [0.3, 0.4) is 0 Å². The van der Waals surface area contributed by atoms with Crippen LogP contribution in [-0.4, -0.2) is 27.2 Å². The van der Waals surface area contributed by atoms with Gasteiger partial charge in [-0.05, 0) is 32.0 Å². The highest BCUT2D eigenvalue weighted by molar-refractivity contribution is 6.08. The van der Waals surface area contributed by atoms with Gasteiger partial charge in [0.2, 0.25) is 5.88 Å². The number of nitrogens with zero attached hydrogens (tertiary/aromatic N) is 1. The molecule has 25 heavy (non-hydrogen) atoms. The highest BCUT2D eigenvalue weighted by Gasteiger charge is 2.13. The topological polar surface area (TPSA) is 117 Å². The third-order valence-electron chi connectivity index (χ3n) is 3.43. The molecule has 8 nitrogen and oxygen atoms in total. The molecular formula is C17H16N4O4. The third kappa shape index (κ3) is 3.42. The molecule has 0 aliphatic rings. The molecule has 0 bridgehead atoms. The van der Waals surface area contributed by atoms with E-state index in [1.54, 1.807) is 24.3 Å². The average Bonchev–Trinajstić information content (AvgIpc) is 2.58. The second-order valence-corrected chi connectivity index (χ2v) is 5.64. The SMILES string of the molecule is CC(C)Oc1ccc(C(=O)Nc2cccc3c(=O)[nH][nH]c(=O)c23)cn1. The van der Waals surface area contributed by atoms with Gasteiger partial charge in [0, 0.05) is 12.3 Å². The first kappa shape index (κ1) is 16.4. The molecule has 3 aromatic rings. The van der Waals surface area contributed by atoms with Crippen LogP contribution in [0.4, 0.5) is 5.69 Å². The Morgan fingerprint density at radius 1 is 1.12 bits per heavy atom. The van der Waals surface area contributed by atoms with Gasteiger partial charge in [0.15, 0.2) is 0 Å². The summed E-state index contributed by atoms with van der Waals surface area (Å²) in [4.78, 5) is 40.3. The first-order valence-electron chi connectivity index (χ1n) is 7.63. The van der Waals surface area contributed by atoms with Crippen LogP contribution in [0.15, 0.2) is 46.1 Å². The zero-order valence-corrected chi connectivity index (χ0v) is 13.6. The number of carbonyl (C=O) groups excluding carboxylic acids is 1. The number of benzene rings is 1. The number of ether oxygens (including phenoxy) is 1. The fourth-order valence-corrected chi connectivity index (χ4v) is 2.35. The van der Waals surface area contributed by atoms with Crippen molar-refractivity contribution in [3.8, 4) is 5.88 Å². The maximum atomic E-state index is 12.4. The minimum Gasteiger partial charge on any atom is -0.475 e. The van der Waals surface area contributed by atoms with Gasteiger partial charge >= 0.3 is 0 Å². The number of pyridine rings is 1. The summed E-state index contributed by atoms with van der Waals surface area (Å²) in [5.74, 6) is -0.0320. The maximum Gasteiger partial charge on any atom is 0.272 e. The van der Waals surface area contributed by atoms with Crippen LogP contribution in [0.2, 0.25) is 0 Å². The highest BCUT2D eigenvalue weighted by Crippen LogP contribution is 2.18. The van der Waals surface area contributed by atoms with E-state index >= 15 is 0 Å². The van der Waals surface area contributed by atoms with E-state index in [9.17, 15) is 14.4 Å². The molecule has 8 heteroatoms. The summed E-state index contributed by atoms with van der Waals surface area (Å²) in [5, 5.41) is 7.44. The second-order valence-electron chi connectivity index (χ2n) is 5.64. The third-order valence-corrected chi connectivity index (χ3v) is 3.43. The number of amides is 1. The molecule has 128 valence electrons. The molecule has 0 aliphatic heterocycles. The van der Waals surface area contributed by atoms with Gasteiger partial charge in [-0.3, -0.25) is 24.6 Å². The molecule has 2 heterocycles. The Morgan fingerprint density at radius 3 is 2.56 bits per heavy atom.